The summed E-state index contributed by atoms with van der Waals surface area (Å²) in [6.45, 7) is 0. The maximum atomic E-state index is 11.7. The number of thioether (sulfide) groups is 1. The zero-order valence-corrected chi connectivity index (χ0v) is 13.1. The van der Waals surface area contributed by atoms with Gasteiger partial charge in [0.2, 0.25) is 5.91 Å². The van der Waals surface area contributed by atoms with Gasteiger partial charge in [0.15, 0.2) is 0 Å². The van der Waals surface area contributed by atoms with Gasteiger partial charge in [-0.15, -0.1) is 11.8 Å². The molecule has 2 rings (SSSR count). The zero-order valence-electron chi connectivity index (χ0n) is 12.2. The number of carbonyl (C=O) groups is 1. The molecule has 0 saturated heterocycles. The number of aryl methyl sites for hydroxylation is 1. The van der Waals surface area contributed by atoms with E-state index in [2.05, 4.69) is 18.2 Å². The number of carbonyl (C=O) groups excluding carboxylic acids is 1. The Morgan fingerprint density at radius 2 is 1.82 bits per heavy atom. The van der Waals surface area contributed by atoms with Crippen LogP contribution < -0.4 is 5.73 Å². The van der Waals surface area contributed by atoms with E-state index < -0.39 is 0 Å². The number of rotatable bonds is 7. The molecule has 3 nitrogen and oxygen atoms in total. The van der Waals surface area contributed by atoms with E-state index in [0.717, 1.165) is 24.2 Å². The van der Waals surface area contributed by atoms with Crippen LogP contribution in [0.1, 0.15) is 28.4 Å². The molecule has 0 aliphatic heterocycles. The van der Waals surface area contributed by atoms with E-state index in [9.17, 15) is 4.79 Å². The summed E-state index contributed by atoms with van der Waals surface area (Å²) in [4.78, 5) is 11.7. The highest BCUT2D eigenvalue weighted by Crippen LogP contribution is 2.29. The SMILES string of the molecule is N#Cc1ccc(C(SCCCc2ccccc2)C(N)=O)cc1. The maximum absolute atomic E-state index is 11.7. The van der Waals surface area contributed by atoms with Crippen molar-refractivity contribution in [1.29, 1.82) is 5.26 Å². The van der Waals surface area contributed by atoms with Crippen LogP contribution in [0.25, 0.3) is 0 Å². The molecule has 0 aliphatic rings. The molecule has 0 aromatic heterocycles. The minimum absolute atomic E-state index is 0.339. The van der Waals surface area contributed by atoms with Gasteiger partial charge in [0.25, 0.3) is 0 Å². The summed E-state index contributed by atoms with van der Waals surface area (Å²) in [6.07, 6.45) is 1.99. The normalized spacial score (nSPS) is 11.6. The van der Waals surface area contributed by atoms with Crippen LogP contribution >= 0.6 is 11.8 Å². The van der Waals surface area contributed by atoms with Crippen LogP contribution in [0.3, 0.4) is 0 Å². The van der Waals surface area contributed by atoms with Gasteiger partial charge in [0.1, 0.15) is 5.25 Å². The summed E-state index contributed by atoms with van der Waals surface area (Å²) in [6, 6.07) is 19.4. The lowest BCUT2D eigenvalue weighted by Crippen LogP contribution is -2.19. The summed E-state index contributed by atoms with van der Waals surface area (Å²) >= 11 is 1.56. The van der Waals surface area contributed by atoms with E-state index in [1.807, 2.05) is 18.2 Å². The molecule has 0 bridgehead atoms. The van der Waals surface area contributed by atoms with E-state index in [1.165, 1.54) is 5.56 Å². The summed E-state index contributed by atoms with van der Waals surface area (Å²) in [7, 11) is 0. The predicted molar refractivity (Wildman–Crippen MR) is 90.3 cm³/mol. The van der Waals surface area contributed by atoms with Gasteiger partial charge in [-0.2, -0.15) is 5.26 Å². The standard InChI is InChI=1S/C18H18N2OS/c19-13-15-8-10-16(11-9-15)17(18(20)21)22-12-4-7-14-5-2-1-3-6-14/h1-3,5-6,8-11,17H,4,7,12H2,(H2,20,21). The van der Waals surface area contributed by atoms with Gasteiger partial charge in [-0.1, -0.05) is 42.5 Å². The van der Waals surface area contributed by atoms with Gasteiger partial charge in [-0.05, 0) is 41.9 Å². The van der Waals surface area contributed by atoms with Gasteiger partial charge in [-0.25, -0.2) is 0 Å². The minimum atomic E-state index is -0.358. The van der Waals surface area contributed by atoms with Gasteiger partial charge < -0.3 is 5.73 Å². The molecule has 2 N–H and O–H groups in total. The zero-order chi connectivity index (χ0) is 15.8. The third-order valence-corrected chi connectivity index (χ3v) is 4.70. The Hall–Kier alpha value is -2.25. The first-order valence-corrected chi connectivity index (χ1v) is 8.20. The summed E-state index contributed by atoms with van der Waals surface area (Å²) < 4.78 is 0. The van der Waals surface area contributed by atoms with Gasteiger partial charge in [0, 0.05) is 0 Å². The molecule has 2 aromatic rings. The largest absolute Gasteiger partial charge is 0.368 e. The lowest BCUT2D eigenvalue weighted by Gasteiger charge is -2.13. The lowest BCUT2D eigenvalue weighted by atomic mass is 10.1. The number of benzene rings is 2. The van der Waals surface area contributed by atoms with Crippen molar-refractivity contribution in [2.75, 3.05) is 5.75 Å². The molecule has 2 aromatic carbocycles. The van der Waals surface area contributed by atoms with Crippen molar-refractivity contribution in [3.63, 3.8) is 0 Å². The Bertz CT molecular complexity index is 647. The van der Waals surface area contributed by atoms with Crippen molar-refractivity contribution >= 4 is 17.7 Å². The van der Waals surface area contributed by atoms with E-state index in [-0.39, 0.29) is 11.2 Å². The van der Waals surface area contributed by atoms with Crippen molar-refractivity contribution in [3.8, 4) is 6.07 Å². The molecular formula is C18H18N2OS. The molecule has 4 heteroatoms. The average Bonchev–Trinajstić information content (AvgIpc) is 2.56. The lowest BCUT2D eigenvalue weighted by molar-refractivity contribution is -0.117. The predicted octanol–water partition coefficient (Wildman–Crippen LogP) is 3.45. The summed E-state index contributed by atoms with van der Waals surface area (Å²) in [5.74, 6) is 0.525. The second-order valence-corrected chi connectivity index (χ2v) is 6.19. The second kappa shape index (κ2) is 8.26. The van der Waals surface area contributed by atoms with Gasteiger partial charge in [-0.3, -0.25) is 4.79 Å². The molecular weight excluding hydrogens is 292 g/mol. The van der Waals surface area contributed by atoms with Crippen LogP contribution in [0, 0.1) is 11.3 Å². The molecule has 1 atom stereocenters. The molecule has 0 spiro atoms. The average molecular weight is 310 g/mol. The molecule has 0 radical (unpaired) electrons. The first-order valence-electron chi connectivity index (χ1n) is 7.15. The smallest absolute Gasteiger partial charge is 0.235 e. The molecule has 112 valence electrons. The number of hydrogen-bond acceptors (Lipinski definition) is 3. The van der Waals surface area contributed by atoms with Crippen molar-refractivity contribution in [2.45, 2.75) is 18.1 Å². The Balaban J connectivity index is 1.89. The van der Waals surface area contributed by atoms with Crippen molar-refractivity contribution in [3.05, 3.63) is 71.3 Å². The van der Waals surface area contributed by atoms with Gasteiger partial charge >= 0.3 is 0 Å². The number of hydrogen-bond donors (Lipinski definition) is 1. The topological polar surface area (TPSA) is 66.9 Å². The Labute approximate surface area is 135 Å². The fraction of sp³-hybridized carbons (Fsp3) is 0.222. The third-order valence-electron chi connectivity index (χ3n) is 3.34. The number of nitriles is 1. The van der Waals surface area contributed by atoms with E-state index in [0.29, 0.717) is 5.56 Å². The summed E-state index contributed by atoms with van der Waals surface area (Å²) in [5.41, 5.74) is 8.25. The maximum Gasteiger partial charge on any atom is 0.235 e. The number of nitrogens with zero attached hydrogens (tertiary/aromatic N) is 1. The van der Waals surface area contributed by atoms with Crippen LogP contribution in [0.2, 0.25) is 0 Å². The van der Waals surface area contributed by atoms with Crippen LogP contribution in [-0.4, -0.2) is 11.7 Å². The van der Waals surface area contributed by atoms with Crippen LogP contribution in [-0.2, 0) is 11.2 Å². The molecule has 0 aliphatic carbocycles. The molecule has 1 amide bonds. The number of nitrogens with two attached hydrogens (primary N) is 1. The molecule has 0 heterocycles. The number of primary amides is 1. The minimum Gasteiger partial charge on any atom is -0.368 e. The fourth-order valence-corrected chi connectivity index (χ4v) is 3.26. The van der Waals surface area contributed by atoms with Gasteiger partial charge in [0.05, 0.1) is 11.6 Å². The molecule has 0 saturated carbocycles. The Morgan fingerprint density at radius 1 is 1.14 bits per heavy atom. The van der Waals surface area contributed by atoms with Crippen LogP contribution in [0.5, 0.6) is 0 Å². The highest BCUT2D eigenvalue weighted by molar-refractivity contribution is 8.00. The van der Waals surface area contributed by atoms with E-state index in [4.69, 9.17) is 11.0 Å². The van der Waals surface area contributed by atoms with Crippen molar-refractivity contribution in [1.82, 2.24) is 0 Å². The molecule has 22 heavy (non-hydrogen) atoms. The molecule has 0 fully saturated rings. The second-order valence-electron chi connectivity index (χ2n) is 4.98. The van der Waals surface area contributed by atoms with Crippen LogP contribution in [0.15, 0.2) is 54.6 Å². The number of amides is 1. The highest BCUT2D eigenvalue weighted by Gasteiger charge is 2.17. The van der Waals surface area contributed by atoms with Crippen molar-refractivity contribution < 1.29 is 4.79 Å². The Morgan fingerprint density at radius 3 is 2.41 bits per heavy atom. The van der Waals surface area contributed by atoms with E-state index >= 15 is 0 Å². The van der Waals surface area contributed by atoms with Crippen molar-refractivity contribution in [2.24, 2.45) is 5.73 Å². The van der Waals surface area contributed by atoms with Crippen LogP contribution in [0.4, 0.5) is 0 Å². The Kier molecular flexibility index (Phi) is 6.05. The highest BCUT2D eigenvalue weighted by atomic mass is 32.2. The monoisotopic (exact) mass is 310 g/mol. The fourth-order valence-electron chi connectivity index (χ4n) is 2.20. The van der Waals surface area contributed by atoms with E-state index in [1.54, 1.807) is 36.0 Å². The third kappa shape index (κ3) is 4.64. The molecule has 1 unspecified atom stereocenters. The first kappa shape index (κ1) is 16.1. The summed E-state index contributed by atoms with van der Waals surface area (Å²) in [5, 5.41) is 8.45. The quantitative estimate of drug-likeness (QED) is 0.796. The first-order chi connectivity index (χ1) is 10.7.